The summed E-state index contributed by atoms with van der Waals surface area (Å²) in [6.07, 6.45) is 0.00603. The smallest absolute Gasteiger partial charge is 0.261 e. The van der Waals surface area contributed by atoms with Gasteiger partial charge in [0.2, 0.25) is 0 Å². The molecule has 3 N–H and O–H groups in total. The van der Waals surface area contributed by atoms with Crippen LogP contribution in [0.5, 0.6) is 0 Å². The zero-order valence-electron chi connectivity index (χ0n) is 10.9. The Morgan fingerprint density at radius 2 is 2.39 bits per heavy atom. The number of hydrogen-bond donors (Lipinski definition) is 2. The number of aryl methyl sites for hydroxylation is 1. The van der Waals surface area contributed by atoms with E-state index in [2.05, 4.69) is 17.2 Å². The lowest BCUT2D eigenvalue weighted by Crippen LogP contribution is -2.31. The molecular formula is C13H18N2O2S. The van der Waals surface area contributed by atoms with Gasteiger partial charge < -0.3 is 15.8 Å². The zero-order chi connectivity index (χ0) is 13.5. The van der Waals surface area contributed by atoms with Crippen LogP contribution in [0.1, 0.15) is 27.0 Å². The van der Waals surface area contributed by atoms with E-state index < -0.39 is 0 Å². The van der Waals surface area contributed by atoms with Gasteiger partial charge in [-0.15, -0.1) is 11.3 Å². The van der Waals surface area contributed by atoms with Crippen molar-refractivity contribution in [3.63, 3.8) is 0 Å². The van der Waals surface area contributed by atoms with Crippen molar-refractivity contribution in [2.45, 2.75) is 20.0 Å². The molecule has 0 aliphatic rings. The number of thiophene rings is 1. The third-order valence-electron chi connectivity index (χ3n) is 2.40. The molecule has 1 amide bonds. The Hall–Kier alpha value is -1.35. The number of methoxy groups -OCH3 is 1. The van der Waals surface area contributed by atoms with Crippen LogP contribution in [0.15, 0.2) is 6.07 Å². The lowest BCUT2D eigenvalue weighted by Gasteiger charge is -2.09. The molecule has 0 aliphatic carbocycles. The lowest BCUT2D eigenvalue weighted by molar-refractivity contribution is 0.0874. The molecular weight excluding hydrogens is 248 g/mol. The minimum Gasteiger partial charge on any atom is -0.380 e. The first-order valence-corrected chi connectivity index (χ1v) is 6.50. The van der Waals surface area contributed by atoms with Crippen molar-refractivity contribution in [3.05, 3.63) is 21.4 Å². The average molecular weight is 266 g/mol. The van der Waals surface area contributed by atoms with Gasteiger partial charge in [0.05, 0.1) is 22.4 Å². The van der Waals surface area contributed by atoms with Crippen molar-refractivity contribution < 1.29 is 9.53 Å². The van der Waals surface area contributed by atoms with Crippen LogP contribution < -0.4 is 11.1 Å². The summed E-state index contributed by atoms with van der Waals surface area (Å²) >= 11 is 1.38. The minimum atomic E-state index is -0.0900. The molecule has 4 nitrogen and oxygen atoms in total. The Kier molecular flexibility index (Phi) is 5.86. The Bertz CT molecular complexity index is 471. The molecule has 0 aliphatic heterocycles. The maximum Gasteiger partial charge on any atom is 0.261 e. The van der Waals surface area contributed by atoms with Crippen molar-refractivity contribution in [1.82, 2.24) is 5.32 Å². The molecule has 18 heavy (non-hydrogen) atoms. The summed E-state index contributed by atoms with van der Waals surface area (Å²) in [7, 11) is 1.62. The maximum absolute atomic E-state index is 11.9. The van der Waals surface area contributed by atoms with Crippen LogP contribution in [0.25, 0.3) is 0 Å². The minimum absolute atomic E-state index is 0.00603. The summed E-state index contributed by atoms with van der Waals surface area (Å²) < 4.78 is 5.07. The van der Waals surface area contributed by atoms with Crippen LogP contribution >= 0.6 is 11.3 Å². The Morgan fingerprint density at radius 1 is 1.67 bits per heavy atom. The molecule has 1 unspecified atom stereocenters. The maximum atomic E-state index is 11.9. The Balaban J connectivity index is 2.69. The fourth-order valence-electron chi connectivity index (χ4n) is 1.26. The Labute approximate surface area is 112 Å². The standard InChI is InChI=1S/C13H18N2O2S/c1-9-7-12(18-11(9)5-4-6-14)13(16)15-8-10(2)17-3/h7,10H,6,8,14H2,1-3H3,(H,15,16). The molecule has 1 heterocycles. The van der Waals surface area contributed by atoms with E-state index in [1.165, 1.54) is 11.3 Å². The highest BCUT2D eigenvalue weighted by Gasteiger charge is 2.12. The molecule has 1 rings (SSSR count). The number of nitrogens with two attached hydrogens (primary N) is 1. The lowest BCUT2D eigenvalue weighted by atomic mass is 10.2. The van der Waals surface area contributed by atoms with Gasteiger partial charge in [-0.2, -0.15) is 0 Å². The first-order valence-electron chi connectivity index (χ1n) is 5.68. The van der Waals surface area contributed by atoms with Crippen molar-refractivity contribution in [1.29, 1.82) is 0 Å². The van der Waals surface area contributed by atoms with E-state index in [4.69, 9.17) is 10.5 Å². The fourth-order valence-corrected chi connectivity index (χ4v) is 2.22. The second-order valence-electron chi connectivity index (χ2n) is 3.89. The van der Waals surface area contributed by atoms with E-state index >= 15 is 0 Å². The van der Waals surface area contributed by atoms with E-state index in [1.807, 2.05) is 19.9 Å². The van der Waals surface area contributed by atoms with Gasteiger partial charge in [-0.1, -0.05) is 11.8 Å². The number of carbonyl (C=O) groups excluding carboxylic acids is 1. The molecule has 0 saturated carbocycles. The van der Waals surface area contributed by atoms with Crippen molar-refractivity contribution >= 4 is 17.2 Å². The summed E-state index contributed by atoms with van der Waals surface area (Å²) in [6.45, 7) is 4.66. The number of hydrogen-bond acceptors (Lipinski definition) is 4. The molecule has 1 aromatic rings. The van der Waals surface area contributed by atoms with Crippen LogP contribution in [-0.4, -0.2) is 32.2 Å². The summed E-state index contributed by atoms with van der Waals surface area (Å²) in [5.74, 6) is 5.67. The second kappa shape index (κ2) is 7.17. The van der Waals surface area contributed by atoms with E-state index in [9.17, 15) is 4.79 Å². The molecule has 1 atom stereocenters. The molecule has 5 heteroatoms. The topological polar surface area (TPSA) is 64.3 Å². The number of nitrogens with one attached hydrogen (secondary N) is 1. The van der Waals surface area contributed by atoms with E-state index in [1.54, 1.807) is 7.11 Å². The molecule has 0 spiro atoms. The third kappa shape index (κ3) is 4.15. The predicted octanol–water partition coefficient (Wildman–Crippen LogP) is 1.13. The summed E-state index contributed by atoms with van der Waals surface area (Å²) in [5.41, 5.74) is 6.33. The molecule has 0 fully saturated rings. The molecule has 0 bridgehead atoms. The third-order valence-corrected chi connectivity index (χ3v) is 3.55. The highest BCUT2D eigenvalue weighted by molar-refractivity contribution is 7.14. The van der Waals surface area contributed by atoms with Crippen molar-refractivity contribution in [2.75, 3.05) is 20.2 Å². The van der Waals surface area contributed by atoms with E-state index in [-0.39, 0.29) is 12.0 Å². The summed E-state index contributed by atoms with van der Waals surface area (Å²) in [5, 5.41) is 2.82. The van der Waals surface area contributed by atoms with Crippen LogP contribution in [0.2, 0.25) is 0 Å². The van der Waals surface area contributed by atoms with E-state index in [0.717, 1.165) is 10.4 Å². The molecule has 0 radical (unpaired) electrons. The van der Waals surface area contributed by atoms with Gasteiger partial charge in [-0.3, -0.25) is 4.79 Å². The van der Waals surface area contributed by atoms with Gasteiger partial charge in [0.1, 0.15) is 0 Å². The van der Waals surface area contributed by atoms with E-state index in [0.29, 0.717) is 18.0 Å². The van der Waals surface area contributed by atoms with Gasteiger partial charge in [0.15, 0.2) is 0 Å². The predicted molar refractivity (Wildman–Crippen MR) is 73.8 cm³/mol. The number of carbonyl (C=O) groups is 1. The van der Waals surface area contributed by atoms with Crippen LogP contribution in [-0.2, 0) is 4.74 Å². The summed E-state index contributed by atoms with van der Waals surface area (Å²) in [6, 6.07) is 1.85. The highest BCUT2D eigenvalue weighted by Crippen LogP contribution is 2.20. The van der Waals surface area contributed by atoms with Gasteiger partial charge in [0.25, 0.3) is 5.91 Å². The molecule has 0 aromatic carbocycles. The average Bonchev–Trinajstić information content (AvgIpc) is 2.74. The van der Waals surface area contributed by atoms with Crippen molar-refractivity contribution in [2.24, 2.45) is 5.73 Å². The highest BCUT2D eigenvalue weighted by atomic mass is 32.1. The summed E-state index contributed by atoms with van der Waals surface area (Å²) in [4.78, 5) is 13.4. The zero-order valence-corrected chi connectivity index (χ0v) is 11.7. The first-order chi connectivity index (χ1) is 8.58. The number of rotatable bonds is 4. The number of amides is 1. The van der Waals surface area contributed by atoms with Gasteiger partial charge in [-0.05, 0) is 25.5 Å². The molecule has 1 aromatic heterocycles. The van der Waals surface area contributed by atoms with Gasteiger partial charge in [-0.25, -0.2) is 0 Å². The normalized spacial score (nSPS) is 11.6. The SMILES string of the molecule is COC(C)CNC(=O)c1cc(C)c(C#CCN)s1. The van der Waals surface area contributed by atoms with Gasteiger partial charge >= 0.3 is 0 Å². The Morgan fingerprint density at radius 3 is 3.00 bits per heavy atom. The fraction of sp³-hybridized carbons (Fsp3) is 0.462. The van der Waals surface area contributed by atoms with Crippen LogP contribution in [0.3, 0.4) is 0 Å². The van der Waals surface area contributed by atoms with Gasteiger partial charge in [0, 0.05) is 13.7 Å². The quantitative estimate of drug-likeness (QED) is 0.803. The molecule has 98 valence electrons. The monoisotopic (exact) mass is 266 g/mol. The first kappa shape index (κ1) is 14.7. The van der Waals surface area contributed by atoms with Crippen molar-refractivity contribution in [3.8, 4) is 11.8 Å². The van der Waals surface area contributed by atoms with Crippen LogP contribution in [0, 0.1) is 18.8 Å². The molecule has 0 saturated heterocycles. The number of ether oxygens (including phenoxy) is 1. The second-order valence-corrected chi connectivity index (χ2v) is 4.94. The van der Waals surface area contributed by atoms with Crippen LogP contribution in [0.4, 0.5) is 0 Å². The largest absolute Gasteiger partial charge is 0.380 e.